The van der Waals surface area contributed by atoms with Gasteiger partial charge in [-0.2, -0.15) is 5.26 Å². The van der Waals surface area contributed by atoms with E-state index in [-0.39, 0.29) is 18.2 Å². The molecule has 0 bridgehead atoms. The zero-order valence-corrected chi connectivity index (χ0v) is 9.79. The van der Waals surface area contributed by atoms with Crippen LogP contribution in [0.1, 0.15) is 46.0 Å². The van der Waals surface area contributed by atoms with Crippen molar-refractivity contribution in [2.24, 2.45) is 5.92 Å². The maximum atomic E-state index is 9.53. The van der Waals surface area contributed by atoms with Gasteiger partial charge in [0.25, 0.3) is 0 Å². The van der Waals surface area contributed by atoms with Crippen LogP contribution < -0.4 is 5.32 Å². The summed E-state index contributed by atoms with van der Waals surface area (Å²) in [6.07, 6.45) is 5.00. The Balaban J connectivity index is 2.56. The highest BCUT2D eigenvalue weighted by atomic mass is 16.3. The molecule has 0 spiro atoms. The van der Waals surface area contributed by atoms with Gasteiger partial charge in [-0.3, -0.25) is 0 Å². The summed E-state index contributed by atoms with van der Waals surface area (Å²) in [7, 11) is 0. The first-order chi connectivity index (χ1) is 7.12. The van der Waals surface area contributed by atoms with Crippen molar-refractivity contribution in [3.8, 4) is 6.07 Å². The average Bonchev–Trinajstić information content (AvgIpc) is 2.18. The van der Waals surface area contributed by atoms with Gasteiger partial charge in [0, 0.05) is 11.6 Å². The normalized spacial score (nSPS) is 33.3. The van der Waals surface area contributed by atoms with E-state index in [2.05, 4.69) is 18.3 Å². The van der Waals surface area contributed by atoms with Gasteiger partial charge in [-0.05, 0) is 25.7 Å². The van der Waals surface area contributed by atoms with Crippen molar-refractivity contribution >= 4 is 0 Å². The molecule has 0 aromatic rings. The van der Waals surface area contributed by atoms with Crippen LogP contribution in [0.2, 0.25) is 0 Å². The fourth-order valence-corrected chi connectivity index (χ4v) is 2.69. The van der Waals surface area contributed by atoms with Crippen LogP contribution in [0, 0.1) is 17.2 Å². The lowest BCUT2D eigenvalue weighted by atomic mass is 9.76. The van der Waals surface area contributed by atoms with Gasteiger partial charge in [0.1, 0.15) is 0 Å². The van der Waals surface area contributed by atoms with E-state index in [1.807, 2.05) is 6.92 Å². The maximum absolute atomic E-state index is 9.53. The van der Waals surface area contributed by atoms with Gasteiger partial charge in [0.05, 0.1) is 19.1 Å². The summed E-state index contributed by atoms with van der Waals surface area (Å²) >= 11 is 0. The smallest absolute Gasteiger partial charge is 0.0638 e. The monoisotopic (exact) mass is 210 g/mol. The summed E-state index contributed by atoms with van der Waals surface area (Å²) in [6.45, 7) is 4.44. The second-order valence-electron chi connectivity index (χ2n) is 5.05. The third-order valence-corrected chi connectivity index (χ3v) is 3.34. The first kappa shape index (κ1) is 12.5. The molecule has 1 aliphatic carbocycles. The van der Waals surface area contributed by atoms with Crippen LogP contribution in [-0.2, 0) is 0 Å². The lowest BCUT2D eigenvalue weighted by Gasteiger charge is -2.41. The zero-order chi connectivity index (χ0) is 11.3. The van der Waals surface area contributed by atoms with E-state index in [1.54, 1.807) is 0 Å². The Hall–Kier alpha value is -0.590. The van der Waals surface area contributed by atoms with Crippen molar-refractivity contribution in [3.05, 3.63) is 0 Å². The van der Waals surface area contributed by atoms with Crippen LogP contribution in [0.5, 0.6) is 0 Å². The third kappa shape index (κ3) is 3.48. The lowest BCUT2D eigenvalue weighted by Crippen LogP contribution is -2.54. The van der Waals surface area contributed by atoms with Gasteiger partial charge in [-0.25, -0.2) is 0 Å². The van der Waals surface area contributed by atoms with Gasteiger partial charge in [0.2, 0.25) is 0 Å². The van der Waals surface area contributed by atoms with E-state index in [0.29, 0.717) is 12.3 Å². The minimum Gasteiger partial charge on any atom is -0.394 e. The Kier molecular flexibility index (Phi) is 4.56. The molecule has 1 aliphatic rings. The predicted octanol–water partition coefficient (Wildman–Crippen LogP) is 1.82. The Morgan fingerprint density at radius 3 is 2.93 bits per heavy atom. The van der Waals surface area contributed by atoms with Gasteiger partial charge in [-0.1, -0.05) is 19.8 Å². The van der Waals surface area contributed by atoms with Gasteiger partial charge >= 0.3 is 0 Å². The van der Waals surface area contributed by atoms with Gasteiger partial charge in [-0.15, -0.1) is 0 Å². The standard InChI is InChI=1S/C12H22N2O/c1-10-4-3-6-12(8-10,9-15)14-11(2)5-7-13/h10-11,14-15H,3-6,8-9H2,1-2H3. The molecule has 0 aromatic heterocycles. The Bertz CT molecular complexity index is 236. The summed E-state index contributed by atoms with van der Waals surface area (Å²) in [6, 6.07) is 2.34. The number of hydrogen-bond donors (Lipinski definition) is 2. The van der Waals surface area contributed by atoms with Crippen LogP contribution in [-0.4, -0.2) is 23.3 Å². The van der Waals surface area contributed by atoms with Crippen LogP contribution in [0.25, 0.3) is 0 Å². The van der Waals surface area contributed by atoms with Crippen molar-refractivity contribution in [1.82, 2.24) is 5.32 Å². The van der Waals surface area contributed by atoms with Crippen LogP contribution in [0.15, 0.2) is 0 Å². The average molecular weight is 210 g/mol. The summed E-state index contributed by atoms with van der Waals surface area (Å²) in [5, 5.41) is 21.6. The molecule has 3 unspecified atom stereocenters. The molecule has 0 aliphatic heterocycles. The molecule has 1 saturated carbocycles. The van der Waals surface area contributed by atoms with Gasteiger partial charge in [0.15, 0.2) is 0 Å². The minimum atomic E-state index is -0.131. The van der Waals surface area contributed by atoms with Crippen LogP contribution in [0.3, 0.4) is 0 Å². The predicted molar refractivity (Wildman–Crippen MR) is 60.3 cm³/mol. The fourth-order valence-electron chi connectivity index (χ4n) is 2.69. The molecule has 15 heavy (non-hydrogen) atoms. The molecule has 0 amide bonds. The molecule has 3 atom stereocenters. The van der Waals surface area contributed by atoms with E-state index >= 15 is 0 Å². The van der Waals surface area contributed by atoms with Crippen molar-refractivity contribution < 1.29 is 5.11 Å². The SMILES string of the molecule is CC1CCCC(CO)(NC(C)CC#N)C1. The minimum absolute atomic E-state index is 0.131. The summed E-state index contributed by atoms with van der Waals surface area (Å²) in [5.41, 5.74) is -0.131. The molecular formula is C12H22N2O. The largest absolute Gasteiger partial charge is 0.394 e. The van der Waals surface area contributed by atoms with Crippen LogP contribution in [0.4, 0.5) is 0 Å². The van der Waals surface area contributed by atoms with E-state index in [1.165, 1.54) is 12.8 Å². The maximum Gasteiger partial charge on any atom is 0.0638 e. The third-order valence-electron chi connectivity index (χ3n) is 3.34. The lowest BCUT2D eigenvalue weighted by molar-refractivity contribution is 0.0908. The van der Waals surface area contributed by atoms with E-state index in [0.717, 1.165) is 12.8 Å². The number of nitrogens with one attached hydrogen (secondary N) is 1. The highest BCUT2D eigenvalue weighted by molar-refractivity contribution is 4.95. The summed E-state index contributed by atoms with van der Waals surface area (Å²) < 4.78 is 0. The summed E-state index contributed by atoms with van der Waals surface area (Å²) in [4.78, 5) is 0. The molecule has 0 saturated heterocycles. The highest BCUT2D eigenvalue weighted by Gasteiger charge is 2.34. The molecule has 86 valence electrons. The number of aliphatic hydroxyl groups is 1. The Labute approximate surface area is 92.5 Å². The second-order valence-corrected chi connectivity index (χ2v) is 5.05. The molecule has 0 heterocycles. The Morgan fingerprint density at radius 2 is 2.40 bits per heavy atom. The summed E-state index contributed by atoms with van der Waals surface area (Å²) in [5.74, 6) is 0.674. The Morgan fingerprint density at radius 1 is 1.67 bits per heavy atom. The molecule has 0 aromatic carbocycles. The van der Waals surface area contributed by atoms with Crippen molar-refractivity contribution in [1.29, 1.82) is 5.26 Å². The van der Waals surface area contributed by atoms with Crippen LogP contribution >= 0.6 is 0 Å². The highest BCUT2D eigenvalue weighted by Crippen LogP contribution is 2.32. The first-order valence-corrected chi connectivity index (χ1v) is 5.87. The molecule has 1 rings (SSSR count). The molecule has 1 fully saturated rings. The number of nitrogens with zero attached hydrogens (tertiary/aromatic N) is 1. The zero-order valence-electron chi connectivity index (χ0n) is 9.79. The molecule has 3 heteroatoms. The van der Waals surface area contributed by atoms with Crippen molar-refractivity contribution in [3.63, 3.8) is 0 Å². The van der Waals surface area contributed by atoms with E-state index in [9.17, 15) is 5.11 Å². The quantitative estimate of drug-likeness (QED) is 0.744. The fraction of sp³-hybridized carbons (Fsp3) is 0.917. The number of nitriles is 1. The molecule has 3 nitrogen and oxygen atoms in total. The first-order valence-electron chi connectivity index (χ1n) is 5.87. The van der Waals surface area contributed by atoms with Crippen molar-refractivity contribution in [2.45, 2.75) is 57.5 Å². The van der Waals surface area contributed by atoms with E-state index in [4.69, 9.17) is 5.26 Å². The number of rotatable bonds is 4. The number of aliphatic hydroxyl groups excluding tert-OH is 1. The van der Waals surface area contributed by atoms with Gasteiger partial charge < -0.3 is 10.4 Å². The van der Waals surface area contributed by atoms with E-state index < -0.39 is 0 Å². The second kappa shape index (κ2) is 5.48. The topological polar surface area (TPSA) is 56.0 Å². The molecular weight excluding hydrogens is 188 g/mol. The molecule has 2 N–H and O–H groups in total. The molecule has 0 radical (unpaired) electrons. The number of hydrogen-bond acceptors (Lipinski definition) is 3. The van der Waals surface area contributed by atoms with Crippen molar-refractivity contribution in [2.75, 3.05) is 6.61 Å².